The van der Waals surface area contributed by atoms with E-state index in [0.717, 1.165) is 30.8 Å². The zero-order chi connectivity index (χ0) is 14.8. The Morgan fingerprint density at radius 2 is 2.23 bits per heavy atom. The highest BCUT2D eigenvalue weighted by atomic mass is 32.1. The third kappa shape index (κ3) is 3.67. The zero-order valence-corrected chi connectivity index (χ0v) is 14.2. The summed E-state index contributed by atoms with van der Waals surface area (Å²) in [4.78, 5) is 11.5. The fraction of sp³-hybridized carbons (Fsp3) is 0.625. The van der Waals surface area contributed by atoms with Crippen LogP contribution in [0.1, 0.15) is 42.3 Å². The van der Waals surface area contributed by atoms with Gasteiger partial charge in [-0.05, 0) is 32.2 Å². The first-order valence-corrected chi connectivity index (χ1v) is 9.81. The van der Waals surface area contributed by atoms with Crippen molar-refractivity contribution in [2.45, 2.75) is 38.1 Å². The Morgan fingerprint density at radius 1 is 1.27 bits per heavy atom. The van der Waals surface area contributed by atoms with E-state index in [1.807, 2.05) is 16.7 Å². The summed E-state index contributed by atoms with van der Waals surface area (Å²) in [5, 5.41) is 6.37. The highest BCUT2D eigenvalue weighted by Crippen LogP contribution is 2.41. The average Bonchev–Trinajstić information content (AvgIpc) is 3.06. The van der Waals surface area contributed by atoms with Crippen molar-refractivity contribution >= 4 is 22.7 Å². The van der Waals surface area contributed by atoms with Gasteiger partial charge in [0.2, 0.25) is 0 Å². The SMILES string of the molecule is c1csc(OCC2CCCN(Cc3csc(C4CC4)n3)C2)n1. The maximum Gasteiger partial charge on any atom is 0.273 e. The second kappa shape index (κ2) is 6.64. The minimum absolute atomic E-state index is 0.610. The Balaban J connectivity index is 1.28. The molecule has 0 N–H and O–H groups in total. The summed E-state index contributed by atoms with van der Waals surface area (Å²) in [5.74, 6) is 1.39. The molecule has 0 amide bonds. The van der Waals surface area contributed by atoms with E-state index in [4.69, 9.17) is 9.72 Å². The second-order valence-electron chi connectivity index (χ2n) is 6.30. The van der Waals surface area contributed by atoms with Crippen molar-refractivity contribution in [3.8, 4) is 5.19 Å². The molecule has 1 saturated carbocycles. The van der Waals surface area contributed by atoms with Crippen LogP contribution in [0.15, 0.2) is 17.0 Å². The molecule has 0 spiro atoms. The monoisotopic (exact) mass is 335 g/mol. The van der Waals surface area contributed by atoms with E-state index in [9.17, 15) is 0 Å². The minimum Gasteiger partial charge on any atom is -0.470 e. The second-order valence-corrected chi connectivity index (χ2v) is 8.05. The maximum absolute atomic E-state index is 5.80. The van der Waals surface area contributed by atoms with Gasteiger partial charge in [0, 0.05) is 41.9 Å². The van der Waals surface area contributed by atoms with E-state index in [2.05, 4.69) is 15.3 Å². The van der Waals surface area contributed by atoms with Crippen molar-refractivity contribution in [3.63, 3.8) is 0 Å². The van der Waals surface area contributed by atoms with Gasteiger partial charge >= 0.3 is 0 Å². The lowest BCUT2D eigenvalue weighted by Crippen LogP contribution is -2.37. The summed E-state index contributed by atoms with van der Waals surface area (Å²) in [6, 6.07) is 0. The van der Waals surface area contributed by atoms with Crippen molar-refractivity contribution in [1.82, 2.24) is 14.9 Å². The molecule has 0 bridgehead atoms. The molecule has 2 aromatic heterocycles. The van der Waals surface area contributed by atoms with Crippen LogP contribution in [0.3, 0.4) is 0 Å². The highest BCUT2D eigenvalue weighted by Gasteiger charge is 2.27. The molecular weight excluding hydrogens is 314 g/mol. The van der Waals surface area contributed by atoms with Gasteiger partial charge in [-0.25, -0.2) is 9.97 Å². The minimum atomic E-state index is 0.610. The van der Waals surface area contributed by atoms with Gasteiger partial charge in [-0.2, -0.15) is 0 Å². The van der Waals surface area contributed by atoms with E-state index in [1.165, 1.54) is 42.9 Å². The fourth-order valence-electron chi connectivity index (χ4n) is 3.04. The number of rotatable bonds is 6. The van der Waals surface area contributed by atoms with Crippen molar-refractivity contribution in [2.75, 3.05) is 19.7 Å². The van der Waals surface area contributed by atoms with E-state index >= 15 is 0 Å². The molecule has 118 valence electrons. The van der Waals surface area contributed by atoms with Crippen LogP contribution in [0.4, 0.5) is 0 Å². The summed E-state index contributed by atoms with van der Waals surface area (Å²) in [7, 11) is 0. The molecule has 3 heterocycles. The topological polar surface area (TPSA) is 38.2 Å². The molecule has 2 aliphatic rings. The van der Waals surface area contributed by atoms with Crippen LogP contribution in [0.5, 0.6) is 5.19 Å². The zero-order valence-electron chi connectivity index (χ0n) is 12.6. The fourth-order valence-corrected chi connectivity index (χ4v) is 4.52. The number of hydrogen-bond acceptors (Lipinski definition) is 6. The smallest absolute Gasteiger partial charge is 0.273 e. The van der Waals surface area contributed by atoms with E-state index in [1.54, 1.807) is 17.5 Å². The summed E-state index contributed by atoms with van der Waals surface area (Å²) in [5.41, 5.74) is 1.26. The van der Waals surface area contributed by atoms with Crippen molar-refractivity contribution in [2.24, 2.45) is 5.92 Å². The number of piperidine rings is 1. The van der Waals surface area contributed by atoms with Crippen LogP contribution in [-0.4, -0.2) is 34.6 Å². The molecular formula is C16H21N3OS2. The third-order valence-corrected chi connectivity index (χ3v) is 6.08. The first kappa shape index (κ1) is 14.6. The summed E-state index contributed by atoms with van der Waals surface area (Å²) >= 11 is 3.42. The molecule has 0 aromatic carbocycles. The summed E-state index contributed by atoms with van der Waals surface area (Å²) in [6.45, 7) is 4.08. The van der Waals surface area contributed by atoms with Crippen molar-refractivity contribution in [1.29, 1.82) is 0 Å². The van der Waals surface area contributed by atoms with Gasteiger partial charge in [0.1, 0.15) is 0 Å². The standard InChI is InChI=1S/C16H21N3OS2/c1-2-12(10-20-16-17-5-7-21-16)8-19(6-1)9-14-11-22-15(18-14)13-3-4-13/h5,7,11-13H,1-4,6,8-10H2. The van der Waals surface area contributed by atoms with Crippen LogP contribution < -0.4 is 4.74 Å². The Kier molecular flexibility index (Phi) is 4.41. The molecule has 1 aliphatic heterocycles. The Labute approximate surface area is 139 Å². The number of ether oxygens (including phenoxy) is 1. The van der Waals surface area contributed by atoms with Gasteiger partial charge in [-0.15, -0.1) is 11.3 Å². The molecule has 4 nitrogen and oxygen atoms in total. The van der Waals surface area contributed by atoms with Gasteiger partial charge in [0.05, 0.1) is 17.3 Å². The lowest BCUT2D eigenvalue weighted by atomic mass is 9.99. The Hall–Kier alpha value is -0.980. The Bertz CT molecular complexity index is 594. The molecule has 1 unspecified atom stereocenters. The lowest BCUT2D eigenvalue weighted by Gasteiger charge is -2.31. The van der Waals surface area contributed by atoms with Crippen LogP contribution in [0, 0.1) is 5.92 Å². The van der Waals surface area contributed by atoms with Crippen LogP contribution in [0.25, 0.3) is 0 Å². The van der Waals surface area contributed by atoms with Gasteiger partial charge in [-0.3, -0.25) is 4.90 Å². The molecule has 22 heavy (non-hydrogen) atoms. The van der Waals surface area contributed by atoms with Crippen molar-refractivity contribution < 1.29 is 4.74 Å². The number of thiazole rings is 2. The molecule has 1 atom stereocenters. The number of nitrogens with zero attached hydrogens (tertiary/aromatic N) is 3. The van der Waals surface area contributed by atoms with Crippen LogP contribution >= 0.6 is 22.7 Å². The van der Waals surface area contributed by atoms with E-state index < -0.39 is 0 Å². The van der Waals surface area contributed by atoms with Crippen molar-refractivity contribution in [3.05, 3.63) is 27.7 Å². The molecule has 6 heteroatoms. The van der Waals surface area contributed by atoms with Gasteiger partial charge in [-0.1, -0.05) is 11.3 Å². The Morgan fingerprint density at radius 3 is 3.05 bits per heavy atom. The highest BCUT2D eigenvalue weighted by molar-refractivity contribution is 7.11. The average molecular weight is 335 g/mol. The maximum atomic E-state index is 5.80. The predicted octanol–water partition coefficient (Wildman–Crippen LogP) is 3.77. The number of aromatic nitrogens is 2. The first-order valence-electron chi connectivity index (χ1n) is 8.06. The number of hydrogen-bond donors (Lipinski definition) is 0. The first-order chi connectivity index (χ1) is 10.9. The van der Waals surface area contributed by atoms with E-state index in [0.29, 0.717) is 5.92 Å². The van der Waals surface area contributed by atoms with Gasteiger partial charge < -0.3 is 4.74 Å². The van der Waals surface area contributed by atoms with Gasteiger partial charge in [0.25, 0.3) is 5.19 Å². The summed E-state index contributed by atoms with van der Waals surface area (Å²) in [6.07, 6.45) is 6.99. The predicted molar refractivity (Wildman–Crippen MR) is 89.7 cm³/mol. The molecule has 4 rings (SSSR count). The normalized spacial score (nSPS) is 22.8. The van der Waals surface area contributed by atoms with Crippen LogP contribution in [0.2, 0.25) is 0 Å². The quantitative estimate of drug-likeness (QED) is 0.805. The third-order valence-electron chi connectivity index (χ3n) is 4.34. The van der Waals surface area contributed by atoms with Crippen LogP contribution in [-0.2, 0) is 6.54 Å². The molecule has 2 fully saturated rings. The molecule has 0 radical (unpaired) electrons. The van der Waals surface area contributed by atoms with Gasteiger partial charge in [0.15, 0.2) is 0 Å². The van der Waals surface area contributed by atoms with E-state index in [-0.39, 0.29) is 0 Å². The molecule has 1 saturated heterocycles. The molecule has 2 aromatic rings. The number of likely N-dealkylation sites (tertiary alicyclic amines) is 1. The molecule has 1 aliphatic carbocycles. The largest absolute Gasteiger partial charge is 0.470 e. The summed E-state index contributed by atoms with van der Waals surface area (Å²) < 4.78 is 5.80. The lowest BCUT2D eigenvalue weighted by molar-refractivity contribution is 0.124.